The van der Waals surface area contributed by atoms with Gasteiger partial charge in [-0.15, -0.1) is 0 Å². The van der Waals surface area contributed by atoms with Crippen molar-refractivity contribution in [2.45, 2.75) is 31.8 Å². The van der Waals surface area contributed by atoms with Gasteiger partial charge < -0.3 is 19.4 Å². The van der Waals surface area contributed by atoms with E-state index in [4.69, 9.17) is 4.74 Å². The van der Waals surface area contributed by atoms with Gasteiger partial charge in [-0.2, -0.15) is 0 Å². The van der Waals surface area contributed by atoms with E-state index in [1.54, 1.807) is 6.08 Å². The standard InChI is InChI=1S/C24H31N3O4/c28-22(9-8-19-5-2-1-3-6-19)25-12-10-20(11-13-25)23(29)26-14-16-27(17-15-26)24(30)21-7-4-18-31-21/h1-3,5-6,8-9,20-21H,4,7,10-18H2/b9-8+. The molecular formula is C24H31N3O4. The fourth-order valence-corrected chi connectivity index (χ4v) is 4.57. The van der Waals surface area contributed by atoms with Crippen molar-refractivity contribution in [2.75, 3.05) is 45.9 Å². The molecule has 0 N–H and O–H groups in total. The van der Waals surface area contributed by atoms with Crippen molar-refractivity contribution in [1.82, 2.24) is 14.7 Å². The average molecular weight is 426 g/mol. The third-order valence-electron chi connectivity index (χ3n) is 6.48. The largest absolute Gasteiger partial charge is 0.368 e. The smallest absolute Gasteiger partial charge is 0.251 e. The number of ether oxygens (including phenoxy) is 1. The van der Waals surface area contributed by atoms with E-state index in [9.17, 15) is 14.4 Å². The second-order valence-corrected chi connectivity index (χ2v) is 8.50. The minimum atomic E-state index is -0.292. The lowest BCUT2D eigenvalue weighted by molar-refractivity contribution is -0.148. The first-order valence-corrected chi connectivity index (χ1v) is 11.3. The molecule has 3 heterocycles. The summed E-state index contributed by atoms with van der Waals surface area (Å²) in [6.45, 7) is 4.18. The summed E-state index contributed by atoms with van der Waals surface area (Å²) in [6, 6.07) is 9.76. The highest BCUT2D eigenvalue weighted by molar-refractivity contribution is 5.92. The number of carbonyl (C=O) groups excluding carboxylic acids is 3. The molecule has 4 rings (SSSR count). The Labute approximate surface area is 183 Å². The molecule has 0 saturated carbocycles. The molecule has 3 amide bonds. The molecule has 1 aromatic rings. The van der Waals surface area contributed by atoms with E-state index in [1.165, 1.54) is 0 Å². The number of hydrogen-bond donors (Lipinski definition) is 0. The first-order valence-electron chi connectivity index (χ1n) is 11.3. The molecule has 0 bridgehead atoms. The molecule has 0 aromatic heterocycles. The molecule has 0 radical (unpaired) electrons. The fourth-order valence-electron chi connectivity index (χ4n) is 4.57. The highest BCUT2D eigenvalue weighted by Crippen LogP contribution is 2.22. The molecule has 1 unspecified atom stereocenters. The molecule has 7 heteroatoms. The van der Waals surface area contributed by atoms with E-state index in [0.717, 1.165) is 18.4 Å². The maximum absolute atomic E-state index is 13.0. The van der Waals surface area contributed by atoms with Crippen LogP contribution in [0.15, 0.2) is 36.4 Å². The highest BCUT2D eigenvalue weighted by Gasteiger charge is 2.34. The molecule has 7 nitrogen and oxygen atoms in total. The van der Waals surface area contributed by atoms with E-state index in [0.29, 0.717) is 58.7 Å². The number of hydrogen-bond acceptors (Lipinski definition) is 4. The van der Waals surface area contributed by atoms with Gasteiger partial charge in [-0.25, -0.2) is 0 Å². The molecular weight excluding hydrogens is 394 g/mol. The second-order valence-electron chi connectivity index (χ2n) is 8.50. The van der Waals surface area contributed by atoms with Gasteiger partial charge in [0, 0.05) is 57.9 Å². The van der Waals surface area contributed by atoms with Crippen molar-refractivity contribution < 1.29 is 19.1 Å². The van der Waals surface area contributed by atoms with Crippen LogP contribution in [0.5, 0.6) is 0 Å². The first-order chi connectivity index (χ1) is 15.1. The van der Waals surface area contributed by atoms with Crippen LogP contribution in [0.25, 0.3) is 6.08 Å². The van der Waals surface area contributed by atoms with E-state index >= 15 is 0 Å². The maximum Gasteiger partial charge on any atom is 0.251 e. The van der Waals surface area contributed by atoms with Gasteiger partial charge in [-0.1, -0.05) is 30.3 Å². The highest BCUT2D eigenvalue weighted by atomic mass is 16.5. The number of nitrogens with zero attached hydrogens (tertiary/aromatic N) is 3. The van der Waals surface area contributed by atoms with Gasteiger partial charge >= 0.3 is 0 Å². The number of carbonyl (C=O) groups is 3. The van der Waals surface area contributed by atoms with Crippen LogP contribution in [0.3, 0.4) is 0 Å². The molecule has 1 atom stereocenters. The predicted molar refractivity (Wildman–Crippen MR) is 117 cm³/mol. The first kappa shape index (κ1) is 21.6. The van der Waals surface area contributed by atoms with Crippen LogP contribution in [0.1, 0.15) is 31.2 Å². The summed E-state index contributed by atoms with van der Waals surface area (Å²) in [5.74, 6) is 0.190. The Morgan fingerprint density at radius 2 is 1.45 bits per heavy atom. The van der Waals surface area contributed by atoms with E-state index in [2.05, 4.69) is 0 Å². The van der Waals surface area contributed by atoms with Crippen molar-refractivity contribution >= 4 is 23.8 Å². The summed E-state index contributed by atoms with van der Waals surface area (Å²) < 4.78 is 5.50. The Hall–Kier alpha value is -2.67. The molecule has 166 valence electrons. The third-order valence-corrected chi connectivity index (χ3v) is 6.48. The van der Waals surface area contributed by atoms with Gasteiger partial charge in [-0.3, -0.25) is 14.4 Å². The number of rotatable bonds is 4. The van der Waals surface area contributed by atoms with Crippen LogP contribution in [-0.4, -0.2) is 84.4 Å². The Bertz CT molecular complexity index is 803. The minimum absolute atomic E-state index is 0.00369. The lowest BCUT2D eigenvalue weighted by atomic mass is 9.95. The number of piperazine rings is 1. The average Bonchev–Trinajstić information content (AvgIpc) is 3.37. The summed E-state index contributed by atoms with van der Waals surface area (Å²) >= 11 is 0. The zero-order chi connectivity index (χ0) is 21.6. The molecule has 3 fully saturated rings. The summed E-state index contributed by atoms with van der Waals surface area (Å²) in [6.07, 6.45) is 6.28. The van der Waals surface area contributed by atoms with E-state index < -0.39 is 0 Å². The quantitative estimate of drug-likeness (QED) is 0.690. The summed E-state index contributed by atoms with van der Waals surface area (Å²) in [4.78, 5) is 43.4. The van der Waals surface area contributed by atoms with Gasteiger partial charge in [-0.05, 0) is 37.3 Å². The van der Waals surface area contributed by atoms with Gasteiger partial charge in [0.05, 0.1) is 0 Å². The molecule has 1 aromatic carbocycles. The van der Waals surface area contributed by atoms with Crippen LogP contribution in [-0.2, 0) is 19.1 Å². The minimum Gasteiger partial charge on any atom is -0.368 e. The van der Waals surface area contributed by atoms with Gasteiger partial charge in [0.25, 0.3) is 5.91 Å². The molecule has 31 heavy (non-hydrogen) atoms. The van der Waals surface area contributed by atoms with Crippen molar-refractivity contribution in [3.8, 4) is 0 Å². The Balaban J connectivity index is 1.21. The van der Waals surface area contributed by atoms with Crippen molar-refractivity contribution in [2.24, 2.45) is 5.92 Å². The Kier molecular flexibility index (Phi) is 7.02. The predicted octanol–water partition coefficient (Wildman–Crippen LogP) is 1.79. The number of amides is 3. The summed E-state index contributed by atoms with van der Waals surface area (Å²) in [7, 11) is 0. The third kappa shape index (κ3) is 5.34. The van der Waals surface area contributed by atoms with Crippen LogP contribution < -0.4 is 0 Å². The van der Waals surface area contributed by atoms with Crippen molar-refractivity contribution in [3.63, 3.8) is 0 Å². The number of piperidine rings is 1. The second kappa shape index (κ2) is 10.1. The van der Waals surface area contributed by atoms with Crippen LogP contribution in [0.4, 0.5) is 0 Å². The Morgan fingerprint density at radius 3 is 2.06 bits per heavy atom. The van der Waals surface area contributed by atoms with Gasteiger partial charge in [0.2, 0.25) is 11.8 Å². The topological polar surface area (TPSA) is 70.2 Å². The normalized spacial score (nSPS) is 22.8. The molecule has 3 saturated heterocycles. The van der Waals surface area contributed by atoms with Crippen molar-refractivity contribution in [1.29, 1.82) is 0 Å². The van der Waals surface area contributed by atoms with E-state index in [-0.39, 0.29) is 29.7 Å². The van der Waals surface area contributed by atoms with E-state index in [1.807, 2.05) is 51.1 Å². The lowest BCUT2D eigenvalue weighted by Gasteiger charge is -2.39. The van der Waals surface area contributed by atoms with Crippen LogP contribution in [0.2, 0.25) is 0 Å². The van der Waals surface area contributed by atoms with Gasteiger partial charge in [0.15, 0.2) is 0 Å². The maximum atomic E-state index is 13.0. The molecule has 3 aliphatic heterocycles. The molecule has 0 aliphatic carbocycles. The summed E-state index contributed by atoms with van der Waals surface area (Å²) in [5, 5.41) is 0. The lowest BCUT2D eigenvalue weighted by Crippen LogP contribution is -2.54. The van der Waals surface area contributed by atoms with Crippen molar-refractivity contribution in [3.05, 3.63) is 42.0 Å². The zero-order valence-electron chi connectivity index (χ0n) is 17.9. The Morgan fingerprint density at radius 1 is 0.806 bits per heavy atom. The van der Waals surface area contributed by atoms with Crippen LogP contribution >= 0.6 is 0 Å². The fraction of sp³-hybridized carbons (Fsp3) is 0.542. The SMILES string of the molecule is O=C(/C=C/c1ccccc1)N1CCC(C(=O)N2CCN(C(=O)C3CCCO3)CC2)CC1. The monoisotopic (exact) mass is 425 g/mol. The number of benzene rings is 1. The van der Waals surface area contributed by atoms with Crippen LogP contribution in [0, 0.1) is 5.92 Å². The molecule has 0 spiro atoms. The number of likely N-dealkylation sites (tertiary alicyclic amines) is 1. The molecule has 3 aliphatic rings. The van der Waals surface area contributed by atoms with Gasteiger partial charge in [0.1, 0.15) is 6.10 Å². The zero-order valence-corrected chi connectivity index (χ0v) is 17.9. The summed E-state index contributed by atoms with van der Waals surface area (Å²) in [5.41, 5.74) is 0.998.